The number of rotatable bonds is 6. The highest BCUT2D eigenvalue weighted by Gasteiger charge is 2.12. The third kappa shape index (κ3) is 4.36. The maximum absolute atomic E-state index is 13.1. The van der Waals surface area contributed by atoms with Crippen molar-refractivity contribution in [1.29, 1.82) is 0 Å². The second-order valence-corrected chi connectivity index (χ2v) is 4.53. The van der Waals surface area contributed by atoms with Crippen molar-refractivity contribution in [2.45, 2.75) is 0 Å². The van der Waals surface area contributed by atoms with E-state index in [1.54, 1.807) is 24.3 Å². The van der Waals surface area contributed by atoms with Gasteiger partial charge in [0.2, 0.25) is 0 Å². The van der Waals surface area contributed by atoms with Gasteiger partial charge in [-0.15, -0.1) is 0 Å². The van der Waals surface area contributed by atoms with E-state index in [1.807, 2.05) is 0 Å². The molecule has 0 aliphatic heterocycles. The molecule has 0 unspecified atom stereocenters. The first kappa shape index (κ1) is 15.1. The van der Waals surface area contributed by atoms with Gasteiger partial charge in [-0.3, -0.25) is 0 Å². The minimum Gasteiger partial charge on any atom is -0.490 e. The number of ether oxygens (including phenoxy) is 2. The van der Waals surface area contributed by atoms with Gasteiger partial charge in [-0.1, -0.05) is 11.6 Å². The molecule has 21 heavy (non-hydrogen) atoms. The summed E-state index contributed by atoms with van der Waals surface area (Å²) < 4.78 is 23.7. The van der Waals surface area contributed by atoms with E-state index in [-0.39, 0.29) is 24.5 Å². The number of carbonyl (C=O) groups is 1. The van der Waals surface area contributed by atoms with E-state index in [1.165, 1.54) is 0 Å². The van der Waals surface area contributed by atoms with Crippen molar-refractivity contribution in [2.24, 2.45) is 0 Å². The first-order chi connectivity index (χ1) is 10.1. The summed E-state index contributed by atoms with van der Waals surface area (Å²) in [4.78, 5) is 11.0. The fourth-order valence-electron chi connectivity index (χ4n) is 1.63. The van der Waals surface area contributed by atoms with Crippen molar-refractivity contribution in [2.75, 3.05) is 13.2 Å². The lowest BCUT2D eigenvalue weighted by Gasteiger charge is -2.10. The van der Waals surface area contributed by atoms with Gasteiger partial charge in [0.15, 0.2) is 0 Å². The zero-order valence-corrected chi connectivity index (χ0v) is 11.6. The summed E-state index contributed by atoms with van der Waals surface area (Å²) in [6.45, 7) is 0.281. The second kappa shape index (κ2) is 6.95. The SMILES string of the molecule is O=C(O)c1ccc(F)cc1OCCOc1ccc(Cl)cc1. The molecule has 0 saturated carbocycles. The summed E-state index contributed by atoms with van der Waals surface area (Å²) in [5.41, 5.74) is -0.0945. The van der Waals surface area contributed by atoms with E-state index < -0.39 is 11.8 Å². The van der Waals surface area contributed by atoms with Crippen LogP contribution in [-0.4, -0.2) is 24.3 Å². The van der Waals surface area contributed by atoms with Gasteiger partial charge in [0.25, 0.3) is 0 Å². The van der Waals surface area contributed by atoms with Crippen LogP contribution in [0, 0.1) is 5.82 Å². The van der Waals surface area contributed by atoms with Gasteiger partial charge < -0.3 is 14.6 Å². The summed E-state index contributed by atoms with van der Waals surface area (Å²) in [5, 5.41) is 9.57. The molecule has 0 bridgehead atoms. The number of aromatic carboxylic acids is 1. The Morgan fingerprint density at radius 1 is 1.10 bits per heavy atom. The van der Waals surface area contributed by atoms with Crippen LogP contribution in [0.5, 0.6) is 11.5 Å². The van der Waals surface area contributed by atoms with Crippen LogP contribution >= 0.6 is 11.6 Å². The molecule has 0 heterocycles. The molecule has 0 atom stereocenters. The van der Waals surface area contributed by atoms with Gasteiger partial charge in [0.1, 0.15) is 36.1 Å². The van der Waals surface area contributed by atoms with Crippen LogP contribution in [-0.2, 0) is 0 Å². The molecule has 2 rings (SSSR count). The van der Waals surface area contributed by atoms with Crippen molar-refractivity contribution in [3.8, 4) is 11.5 Å². The van der Waals surface area contributed by atoms with Gasteiger partial charge in [0, 0.05) is 11.1 Å². The molecular weight excluding hydrogens is 299 g/mol. The van der Waals surface area contributed by atoms with Crippen LogP contribution in [0.3, 0.4) is 0 Å². The normalized spacial score (nSPS) is 10.2. The number of halogens is 2. The van der Waals surface area contributed by atoms with Gasteiger partial charge in [-0.25, -0.2) is 9.18 Å². The van der Waals surface area contributed by atoms with Gasteiger partial charge >= 0.3 is 5.97 Å². The summed E-state index contributed by atoms with van der Waals surface area (Å²) in [6, 6.07) is 10.0. The van der Waals surface area contributed by atoms with Crippen molar-refractivity contribution >= 4 is 17.6 Å². The standard InChI is InChI=1S/C15H12ClFO4/c16-10-1-4-12(5-2-10)20-7-8-21-14-9-11(17)3-6-13(14)15(18)19/h1-6,9H,7-8H2,(H,18,19). The molecule has 0 aliphatic carbocycles. The summed E-state index contributed by atoms with van der Waals surface area (Å²) in [7, 11) is 0. The molecule has 0 radical (unpaired) electrons. The van der Waals surface area contributed by atoms with Crippen molar-refractivity contribution in [3.63, 3.8) is 0 Å². The third-order valence-corrected chi connectivity index (χ3v) is 2.85. The van der Waals surface area contributed by atoms with Crippen LogP contribution in [0.1, 0.15) is 10.4 Å². The average Bonchev–Trinajstić information content (AvgIpc) is 2.45. The molecule has 2 aromatic rings. The number of carboxylic acids is 1. The van der Waals surface area contributed by atoms with E-state index in [0.717, 1.165) is 18.2 Å². The monoisotopic (exact) mass is 310 g/mol. The molecule has 0 aromatic heterocycles. The third-order valence-electron chi connectivity index (χ3n) is 2.60. The first-order valence-electron chi connectivity index (χ1n) is 6.10. The zero-order chi connectivity index (χ0) is 15.2. The molecular formula is C15H12ClFO4. The molecule has 0 spiro atoms. The van der Waals surface area contributed by atoms with Crippen molar-refractivity contribution < 1.29 is 23.8 Å². The van der Waals surface area contributed by atoms with E-state index in [9.17, 15) is 9.18 Å². The quantitative estimate of drug-likeness (QED) is 0.828. The Hall–Kier alpha value is -2.27. The maximum Gasteiger partial charge on any atom is 0.339 e. The molecule has 0 saturated heterocycles. The lowest BCUT2D eigenvalue weighted by molar-refractivity contribution is 0.0691. The number of hydrogen-bond donors (Lipinski definition) is 1. The number of benzene rings is 2. The van der Waals surface area contributed by atoms with Gasteiger partial charge in [0.05, 0.1) is 0 Å². The van der Waals surface area contributed by atoms with Crippen molar-refractivity contribution in [3.05, 3.63) is 58.9 Å². The predicted octanol–water partition coefficient (Wildman–Crippen LogP) is 3.64. The number of carboxylic acid groups (broad SMARTS) is 1. The highest BCUT2D eigenvalue weighted by molar-refractivity contribution is 6.30. The molecule has 2 aromatic carbocycles. The average molecular weight is 311 g/mol. The highest BCUT2D eigenvalue weighted by atomic mass is 35.5. The fourth-order valence-corrected chi connectivity index (χ4v) is 1.76. The minimum absolute atomic E-state index is 0.0257. The largest absolute Gasteiger partial charge is 0.490 e. The van der Waals surface area contributed by atoms with E-state index in [4.69, 9.17) is 26.2 Å². The molecule has 110 valence electrons. The van der Waals surface area contributed by atoms with Gasteiger partial charge in [-0.05, 0) is 36.4 Å². The zero-order valence-electron chi connectivity index (χ0n) is 10.9. The van der Waals surface area contributed by atoms with Crippen LogP contribution < -0.4 is 9.47 Å². The summed E-state index contributed by atoms with van der Waals surface area (Å²) in [5.74, 6) is -1.15. The second-order valence-electron chi connectivity index (χ2n) is 4.10. The Bertz CT molecular complexity index is 628. The summed E-state index contributed by atoms with van der Waals surface area (Å²) >= 11 is 5.74. The molecule has 0 aliphatic rings. The van der Waals surface area contributed by atoms with Crippen molar-refractivity contribution in [1.82, 2.24) is 0 Å². The fraction of sp³-hybridized carbons (Fsp3) is 0.133. The van der Waals surface area contributed by atoms with E-state index in [2.05, 4.69) is 0 Å². The Kier molecular flexibility index (Phi) is 5.00. The van der Waals surface area contributed by atoms with Crippen LogP contribution in [0.15, 0.2) is 42.5 Å². The smallest absolute Gasteiger partial charge is 0.339 e. The highest BCUT2D eigenvalue weighted by Crippen LogP contribution is 2.20. The summed E-state index contributed by atoms with van der Waals surface area (Å²) in [6.07, 6.45) is 0. The van der Waals surface area contributed by atoms with Crippen LogP contribution in [0.4, 0.5) is 4.39 Å². The first-order valence-corrected chi connectivity index (χ1v) is 6.48. The van der Waals surface area contributed by atoms with Crippen LogP contribution in [0.25, 0.3) is 0 Å². The Morgan fingerprint density at radius 3 is 2.43 bits per heavy atom. The van der Waals surface area contributed by atoms with Crippen LogP contribution in [0.2, 0.25) is 5.02 Å². The molecule has 4 nitrogen and oxygen atoms in total. The maximum atomic E-state index is 13.1. The molecule has 1 N–H and O–H groups in total. The molecule has 6 heteroatoms. The molecule has 0 amide bonds. The molecule has 0 fully saturated rings. The number of hydrogen-bond acceptors (Lipinski definition) is 3. The van der Waals surface area contributed by atoms with E-state index >= 15 is 0 Å². The predicted molar refractivity (Wildman–Crippen MR) is 75.8 cm³/mol. The topological polar surface area (TPSA) is 55.8 Å². The Labute approximate surface area is 125 Å². The van der Waals surface area contributed by atoms with Gasteiger partial charge in [-0.2, -0.15) is 0 Å². The minimum atomic E-state index is -1.18. The lowest BCUT2D eigenvalue weighted by atomic mass is 10.2. The van der Waals surface area contributed by atoms with E-state index in [0.29, 0.717) is 10.8 Å². The Balaban J connectivity index is 1.90. The Morgan fingerprint density at radius 2 is 1.76 bits per heavy atom. The lowest BCUT2D eigenvalue weighted by Crippen LogP contribution is -2.11.